The second kappa shape index (κ2) is 6.89. The number of benzene rings is 1. The molecular weight excluding hydrogens is 252 g/mol. The van der Waals surface area contributed by atoms with Crippen LogP contribution in [-0.4, -0.2) is 29.8 Å². The molecule has 1 saturated heterocycles. The average molecular weight is 272 g/mol. The lowest BCUT2D eigenvalue weighted by atomic mass is 10.1. The zero-order valence-corrected chi connectivity index (χ0v) is 11.8. The fourth-order valence-corrected chi connectivity index (χ4v) is 2.27. The van der Waals surface area contributed by atoms with Gasteiger partial charge in [0.2, 0.25) is 11.8 Å². The third-order valence-corrected chi connectivity index (χ3v) is 3.33. The molecule has 0 aromatic heterocycles. The first-order valence-corrected chi connectivity index (χ1v) is 7.00. The second-order valence-corrected chi connectivity index (χ2v) is 5.08. The molecule has 1 aromatic rings. The molecular formula is C16H20N2O2. The lowest BCUT2D eigenvalue weighted by molar-refractivity contribution is -0.127. The summed E-state index contributed by atoms with van der Waals surface area (Å²) in [7, 11) is 0. The maximum atomic E-state index is 11.9. The van der Waals surface area contributed by atoms with E-state index in [0.29, 0.717) is 0 Å². The third kappa shape index (κ3) is 4.23. The SMILES string of the molecule is Cc1cccc(NC(=O)/C=C\C(=O)N2CCCCC2)c1. The minimum atomic E-state index is -0.277. The number of rotatable bonds is 3. The number of hydrogen-bond acceptors (Lipinski definition) is 2. The Bertz CT molecular complexity index is 517. The molecule has 0 spiro atoms. The smallest absolute Gasteiger partial charge is 0.248 e. The summed E-state index contributed by atoms with van der Waals surface area (Å²) in [4.78, 5) is 25.4. The van der Waals surface area contributed by atoms with Gasteiger partial charge in [-0.1, -0.05) is 12.1 Å². The van der Waals surface area contributed by atoms with Crippen molar-refractivity contribution in [1.29, 1.82) is 0 Å². The molecule has 2 rings (SSSR count). The van der Waals surface area contributed by atoms with Crippen LogP contribution in [0.25, 0.3) is 0 Å². The van der Waals surface area contributed by atoms with Crippen LogP contribution >= 0.6 is 0 Å². The van der Waals surface area contributed by atoms with Crippen LogP contribution in [-0.2, 0) is 9.59 Å². The van der Waals surface area contributed by atoms with Gasteiger partial charge in [0.1, 0.15) is 0 Å². The molecule has 1 fully saturated rings. The molecule has 0 atom stereocenters. The summed E-state index contributed by atoms with van der Waals surface area (Å²) in [5, 5.41) is 2.74. The summed E-state index contributed by atoms with van der Waals surface area (Å²) >= 11 is 0. The van der Waals surface area contributed by atoms with E-state index >= 15 is 0 Å². The monoisotopic (exact) mass is 272 g/mol. The van der Waals surface area contributed by atoms with Crippen LogP contribution in [0.1, 0.15) is 24.8 Å². The van der Waals surface area contributed by atoms with Crippen molar-refractivity contribution >= 4 is 17.5 Å². The highest BCUT2D eigenvalue weighted by Crippen LogP contribution is 2.10. The molecule has 4 heteroatoms. The van der Waals surface area contributed by atoms with Gasteiger partial charge in [0, 0.05) is 30.9 Å². The molecule has 1 heterocycles. The number of likely N-dealkylation sites (tertiary alicyclic amines) is 1. The van der Waals surface area contributed by atoms with E-state index in [4.69, 9.17) is 0 Å². The maximum Gasteiger partial charge on any atom is 0.248 e. The Morgan fingerprint density at radius 2 is 1.90 bits per heavy atom. The molecule has 0 saturated carbocycles. The van der Waals surface area contributed by atoms with Crippen molar-refractivity contribution in [2.75, 3.05) is 18.4 Å². The Labute approximate surface area is 119 Å². The summed E-state index contributed by atoms with van der Waals surface area (Å²) in [5.41, 5.74) is 1.82. The quantitative estimate of drug-likeness (QED) is 0.859. The number of hydrogen-bond donors (Lipinski definition) is 1. The maximum absolute atomic E-state index is 11.9. The average Bonchev–Trinajstić information content (AvgIpc) is 2.46. The second-order valence-electron chi connectivity index (χ2n) is 5.08. The van der Waals surface area contributed by atoms with Gasteiger partial charge in [-0.2, -0.15) is 0 Å². The van der Waals surface area contributed by atoms with Gasteiger partial charge in [-0.05, 0) is 43.9 Å². The lowest BCUT2D eigenvalue weighted by Gasteiger charge is -2.25. The van der Waals surface area contributed by atoms with E-state index in [-0.39, 0.29) is 11.8 Å². The van der Waals surface area contributed by atoms with Crippen molar-refractivity contribution in [2.45, 2.75) is 26.2 Å². The van der Waals surface area contributed by atoms with Crippen molar-refractivity contribution in [3.05, 3.63) is 42.0 Å². The Balaban J connectivity index is 1.87. The molecule has 0 unspecified atom stereocenters. The van der Waals surface area contributed by atoms with Crippen LogP contribution in [0.4, 0.5) is 5.69 Å². The highest BCUT2D eigenvalue weighted by Gasteiger charge is 2.13. The molecule has 4 nitrogen and oxygen atoms in total. The predicted octanol–water partition coefficient (Wildman–Crippen LogP) is 2.50. The Hall–Kier alpha value is -2.10. The molecule has 1 N–H and O–H groups in total. The molecule has 2 amide bonds. The van der Waals surface area contributed by atoms with Crippen LogP contribution in [0.3, 0.4) is 0 Å². The molecule has 1 aliphatic heterocycles. The van der Waals surface area contributed by atoms with Crippen molar-refractivity contribution < 1.29 is 9.59 Å². The van der Waals surface area contributed by atoms with E-state index in [9.17, 15) is 9.59 Å². The topological polar surface area (TPSA) is 49.4 Å². The number of nitrogens with one attached hydrogen (secondary N) is 1. The number of carbonyl (C=O) groups excluding carboxylic acids is 2. The summed E-state index contributed by atoms with van der Waals surface area (Å²) < 4.78 is 0. The van der Waals surface area contributed by atoms with Crippen LogP contribution in [0, 0.1) is 6.92 Å². The number of carbonyl (C=O) groups is 2. The number of amides is 2. The first-order chi connectivity index (χ1) is 9.65. The molecule has 106 valence electrons. The Morgan fingerprint density at radius 3 is 2.60 bits per heavy atom. The molecule has 1 aromatic carbocycles. The fraction of sp³-hybridized carbons (Fsp3) is 0.375. The summed E-state index contributed by atoms with van der Waals surface area (Å²) in [6.07, 6.45) is 5.95. The highest BCUT2D eigenvalue weighted by atomic mass is 16.2. The van der Waals surface area contributed by atoms with Crippen LogP contribution < -0.4 is 5.32 Å². The van der Waals surface area contributed by atoms with Crippen LogP contribution in [0.15, 0.2) is 36.4 Å². The normalized spacial score (nSPS) is 15.3. The van der Waals surface area contributed by atoms with Crippen molar-refractivity contribution in [2.24, 2.45) is 0 Å². The number of anilines is 1. The first-order valence-electron chi connectivity index (χ1n) is 7.00. The minimum Gasteiger partial charge on any atom is -0.339 e. The molecule has 20 heavy (non-hydrogen) atoms. The first kappa shape index (κ1) is 14.3. The number of nitrogens with zero attached hydrogens (tertiary/aromatic N) is 1. The van der Waals surface area contributed by atoms with E-state index in [0.717, 1.165) is 37.2 Å². The van der Waals surface area contributed by atoms with Crippen molar-refractivity contribution in [3.63, 3.8) is 0 Å². The molecule has 0 bridgehead atoms. The van der Waals surface area contributed by atoms with Gasteiger partial charge in [-0.25, -0.2) is 0 Å². The van der Waals surface area contributed by atoms with Gasteiger partial charge in [0.05, 0.1) is 0 Å². The Morgan fingerprint density at radius 1 is 1.15 bits per heavy atom. The predicted molar refractivity (Wildman–Crippen MR) is 79.4 cm³/mol. The van der Waals surface area contributed by atoms with Gasteiger partial charge >= 0.3 is 0 Å². The van der Waals surface area contributed by atoms with Crippen molar-refractivity contribution in [3.8, 4) is 0 Å². The van der Waals surface area contributed by atoms with E-state index in [1.807, 2.05) is 31.2 Å². The van der Waals surface area contributed by atoms with Crippen LogP contribution in [0.5, 0.6) is 0 Å². The van der Waals surface area contributed by atoms with Gasteiger partial charge < -0.3 is 10.2 Å². The van der Waals surface area contributed by atoms with Gasteiger partial charge in [0.15, 0.2) is 0 Å². The van der Waals surface area contributed by atoms with Gasteiger partial charge in [-0.3, -0.25) is 9.59 Å². The number of piperidine rings is 1. The zero-order valence-electron chi connectivity index (χ0n) is 11.8. The van der Waals surface area contributed by atoms with Gasteiger partial charge in [0.25, 0.3) is 0 Å². The summed E-state index contributed by atoms with van der Waals surface area (Å²) in [6, 6.07) is 7.56. The zero-order chi connectivity index (χ0) is 14.4. The van der Waals surface area contributed by atoms with Gasteiger partial charge in [-0.15, -0.1) is 0 Å². The molecule has 0 radical (unpaired) electrons. The molecule has 0 aliphatic carbocycles. The van der Waals surface area contributed by atoms with Crippen LogP contribution in [0.2, 0.25) is 0 Å². The minimum absolute atomic E-state index is 0.0795. The van der Waals surface area contributed by atoms with E-state index in [1.165, 1.54) is 18.6 Å². The summed E-state index contributed by atoms with van der Waals surface area (Å²) in [6.45, 7) is 3.55. The number of aryl methyl sites for hydroxylation is 1. The highest BCUT2D eigenvalue weighted by molar-refractivity contribution is 6.03. The van der Waals surface area contributed by atoms with E-state index in [2.05, 4.69) is 5.32 Å². The standard InChI is InChI=1S/C16H20N2O2/c1-13-6-5-7-14(12-13)17-15(19)8-9-16(20)18-10-3-2-4-11-18/h5-9,12H,2-4,10-11H2,1H3,(H,17,19)/b9-8-. The molecule has 1 aliphatic rings. The van der Waals surface area contributed by atoms with E-state index in [1.54, 1.807) is 4.90 Å². The lowest BCUT2D eigenvalue weighted by Crippen LogP contribution is -2.34. The van der Waals surface area contributed by atoms with E-state index < -0.39 is 0 Å². The fourth-order valence-electron chi connectivity index (χ4n) is 2.27. The summed E-state index contributed by atoms with van der Waals surface area (Å²) in [5.74, 6) is -0.356. The Kier molecular flexibility index (Phi) is 4.93. The third-order valence-electron chi connectivity index (χ3n) is 3.33. The van der Waals surface area contributed by atoms with Crippen molar-refractivity contribution in [1.82, 2.24) is 4.90 Å². The largest absolute Gasteiger partial charge is 0.339 e.